The van der Waals surface area contributed by atoms with Gasteiger partial charge in [-0.05, 0) is 42.2 Å². The summed E-state index contributed by atoms with van der Waals surface area (Å²) in [6.07, 6.45) is 2.87. The van der Waals surface area contributed by atoms with E-state index in [1.54, 1.807) is 14.2 Å². The molecule has 0 atom stereocenters. The topological polar surface area (TPSA) is 40.0 Å². The van der Waals surface area contributed by atoms with E-state index < -0.39 is 0 Å². The minimum absolute atomic E-state index is 0.714. The van der Waals surface area contributed by atoms with Crippen LogP contribution in [0.15, 0.2) is 47.5 Å². The molecule has 3 rings (SSSR count). The van der Waals surface area contributed by atoms with E-state index >= 15 is 0 Å². The van der Waals surface area contributed by atoms with Gasteiger partial charge in [-0.3, -0.25) is 4.99 Å². The van der Waals surface area contributed by atoms with Crippen LogP contribution in [0.25, 0.3) is 0 Å². The molecule has 0 radical (unpaired) electrons. The summed E-state index contributed by atoms with van der Waals surface area (Å²) in [6, 6.07) is 14.4. The highest BCUT2D eigenvalue weighted by molar-refractivity contribution is 5.96. The molecule has 0 unspecified atom stereocenters. The van der Waals surface area contributed by atoms with Crippen molar-refractivity contribution in [2.75, 3.05) is 27.4 Å². The van der Waals surface area contributed by atoms with Crippen LogP contribution in [0.1, 0.15) is 23.1 Å². The predicted octanol–water partition coefficient (Wildman–Crippen LogP) is 3.66. The van der Waals surface area contributed by atoms with Gasteiger partial charge in [0.2, 0.25) is 5.90 Å². The average molecular weight is 325 g/mol. The Morgan fingerprint density at radius 2 is 1.88 bits per heavy atom. The van der Waals surface area contributed by atoms with Crippen molar-refractivity contribution in [1.29, 1.82) is 0 Å². The van der Waals surface area contributed by atoms with Gasteiger partial charge in [-0.2, -0.15) is 0 Å². The third-order valence-corrected chi connectivity index (χ3v) is 4.18. The number of rotatable bonds is 6. The van der Waals surface area contributed by atoms with Crippen molar-refractivity contribution in [3.63, 3.8) is 0 Å². The number of methoxy groups -OCH3 is 2. The molecule has 0 bridgehead atoms. The summed E-state index contributed by atoms with van der Waals surface area (Å²) in [5.41, 5.74) is 3.68. The van der Waals surface area contributed by atoms with Crippen LogP contribution in [0, 0.1) is 0 Å². The SMILES string of the molecule is COc1ccc(CCCN=C2OCCc3ccccc32)cc1OC. The predicted molar refractivity (Wildman–Crippen MR) is 95.4 cm³/mol. The van der Waals surface area contributed by atoms with Gasteiger partial charge in [0.1, 0.15) is 0 Å². The van der Waals surface area contributed by atoms with Gasteiger partial charge in [0.25, 0.3) is 0 Å². The zero-order chi connectivity index (χ0) is 16.8. The molecule has 0 aliphatic carbocycles. The fraction of sp³-hybridized carbons (Fsp3) is 0.350. The van der Waals surface area contributed by atoms with E-state index in [1.165, 1.54) is 11.1 Å². The molecular formula is C20H23NO3. The van der Waals surface area contributed by atoms with E-state index in [-0.39, 0.29) is 0 Å². The van der Waals surface area contributed by atoms with Crippen molar-refractivity contribution < 1.29 is 14.2 Å². The van der Waals surface area contributed by atoms with Gasteiger partial charge < -0.3 is 14.2 Å². The van der Waals surface area contributed by atoms with Crippen LogP contribution in [0.2, 0.25) is 0 Å². The van der Waals surface area contributed by atoms with Crippen molar-refractivity contribution in [3.05, 3.63) is 59.2 Å². The number of ether oxygens (including phenoxy) is 3. The van der Waals surface area contributed by atoms with Crippen molar-refractivity contribution in [3.8, 4) is 11.5 Å². The number of aryl methyl sites for hydroxylation is 1. The highest BCUT2D eigenvalue weighted by Crippen LogP contribution is 2.28. The molecule has 0 spiro atoms. The molecule has 1 aliphatic rings. The molecule has 24 heavy (non-hydrogen) atoms. The summed E-state index contributed by atoms with van der Waals surface area (Å²) in [5.74, 6) is 2.31. The fourth-order valence-corrected chi connectivity index (χ4v) is 2.91. The van der Waals surface area contributed by atoms with E-state index in [0.29, 0.717) is 6.61 Å². The van der Waals surface area contributed by atoms with E-state index in [1.807, 2.05) is 18.2 Å². The molecule has 4 nitrogen and oxygen atoms in total. The number of hydrogen-bond acceptors (Lipinski definition) is 4. The minimum atomic E-state index is 0.714. The van der Waals surface area contributed by atoms with E-state index in [9.17, 15) is 0 Å². The molecule has 126 valence electrons. The monoisotopic (exact) mass is 325 g/mol. The number of benzene rings is 2. The molecule has 0 amide bonds. The summed E-state index contributed by atoms with van der Waals surface area (Å²) in [7, 11) is 3.31. The molecule has 0 N–H and O–H groups in total. The van der Waals surface area contributed by atoms with Crippen molar-refractivity contribution in [2.24, 2.45) is 4.99 Å². The smallest absolute Gasteiger partial charge is 0.216 e. The Morgan fingerprint density at radius 1 is 1.04 bits per heavy atom. The molecule has 4 heteroatoms. The number of fused-ring (bicyclic) bond motifs is 1. The number of aliphatic imine (C=N–C) groups is 1. The summed E-state index contributed by atoms with van der Waals surface area (Å²) < 4.78 is 16.3. The second kappa shape index (κ2) is 7.86. The second-order valence-electron chi connectivity index (χ2n) is 5.74. The quantitative estimate of drug-likeness (QED) is 0.761. The number of nitrogens with zero attached hydrogens (tertiary/aromatic N) is 1. The first-order valence-corrected chi connectivity index (χ1v) is 8.28. The molecule has 1 aliphatic heterocycles. The van der Waals surface area contributed by atoms with Gasteiger partial charge in [0.15, 0.2) is 11.5 Å². The zero-order valence-corrected chi connectivity index (χ0v) is 14.2. The Kier molecular flexibility index (Phi) is 5.36. The normalized spacial score (nSPS) is 14.8. The Labute approximate surface area is 143 Å². The highest BCUT2D eigenvalue weighted by atomic mass is 16.5. The lowest BCUT2D eigenvalue weighted by atomic mass is 10.0. The Balaban J connectivity index is 1.60. The van der Waals surface area contributed by atoms with Crippen LogP contribution in [-0.2, 0) is 17.6 Å². The van der Waals surface area contributed by atoms with Crippen molar-refractivity contribution in [2.45, 2.75) is 19.3 Å². The first kappa shape index (κ1) is 16.4. The maximum absolute atomic E-state index is 5.74. The van der Waals surface area contributed by atoms with Crippen molar-refractivity contribution in [1.82, 2.24) is 0 Å². The van der Waals surface area contributed by atoms with Crippen LogP contribution < -0.4 is 9.47 Å². The van der Waals surface area contributed by atoms with E-state index in [4.69, 9.17) is 14.2 Å². The van der Waals surface area contributed by atoms with Crippen LogP contribution in [0.3, 0.4) is 0 Å². The van der Waals surface area contributed by atoms with Gasteiger partial charge in [-0.1, -0.05) is 24.3 Å². The molecule has 0 fully saturated rings. The van der Waals surface area contributed by atoms with Gasteiger partial charge in [-0.15, -0.1) is 0 Å². The van der Waals surface area contributed by atoms with Gasteiger partial charge in [0, 0.05) is 18.5 Å². The molecule has 0 saturated heterocycles. The largest absolute Gasteiger partial charge is 0.493 e. The fourth-order valence-electron chi connectivity index (χ4n) is 2.91. The Hall–Kier alpha value is -2.49. The summed E-state index contributed by atoms with van der Waals surface area (Å²) in [5, 5.41) is 0. The Morgan fingerprint density at radius 3 is 2.71 bits per heavy atom. The molecule has 0 aromatic heterocycles. The second-order valence-corrected chi connectivity index (χ2v) is 5.74. The van der Waals surface area contributed by atoms with Gasteiger partial charge in [0.05, 0.1) is 20.8 Å². The maximum atomic E-state index is 5.74. The van der Waals surface area contributed by atoms with E-state index in [2.05, 4.69) is 29.3 Å². The lowest BCUT2D eigenvalue weighted by molar-refractivity contribution is 0.298. The molecule has 1 heterocycles. The molecule has 2 aromatic carbocycles. The Bertz CT molecular complexity index is 725. The van der Waals surface area contributed by atoms with Crippen LogP contribution in [0.5, 0.6) is 11.5 Å². The van der Waals surface area contributed by atoms with Gasteiger partial charge >= 0.3 is 0 Å². The summed E-state index contributed by atoms with van der Waals surface area (Å²) >= 11 is 0. The highest BCUT2D eigenvalue weighted by Gasteiger charge is 2.15. The van der Waals surface area contributed by atoms with Crippen LogP contribution >= 0.6 is 0 Å². The van der Waals surface area contributed by atoms with E-state index in [0.717, 1.165) is 48.8 Å². The molecule has 0 saturated carbocycles. The van der Waals surface area contributed by atoms with Crippen molar-refractivity contribution >= 4 is 5.90 Å². The molecule has 2 aromatic rings. The first-order valence-electron chi connectivity index (χ1n) is 8.28. The zero-order valence-electron chi connectivity index (χ0n) is 14.2. The average Bonchev–Trinajstić information content (AvgIpc) is 2.65. The summed E-state index contributed by atoms with van der Waals surface area (Å²) in [6.45, 7) is 1.46. The van der Waals surface area contributed by atoms with Crippen LogP contribution in [-0.4, -0.2) is 33.3 Å². The first-order chi connectivity index (χ1) is 11.8. The summed E-state index contributed by atoms with van der Waals surface area (Å²) in [4.78, 5) is 4.65. The lowest BCUT2D eigenvalue weighted by Crippen LogP contribution is -2.18. The third-order valence-electron chi connectivity index (χ3n) is 4.18. The van der Waals surface area contributed by atoms with Gasteiger partial charge in [-0.25, -0.2) is 0 Å². The molecular weight excluding hydrogens is 302 g/mol. The standard InChI is InChI=1S/C20H23NO3/c1-22-18-10-9-15(14-19(18)23-2)6-5-12-21-20-17-8-4-3-7-16(17)11-13-24-20/h3-4,7-10,14H,5-6,11-13H2,1-2H3. The lowest BCUT2D eigenvalue weighted by Gasteiger charge is -2.18. The minimum Gasteiger partial charge on any atom is -0.493 e. The van der Waals surface area contributed by atoms with Crippen LogP contribution in [0.4, 0.5) is 0 Å². The third kappa shape index (κ3) is 3.70. The maximum Gasteiger partial charge on any atom is 0.216 e. The number of hydrogen-bond donors (Lipinski definition) is 0.